The molecule has 0 aliphatic carbocycles. The van der Waals surface area contributed by atoms with E-state index in [2.05, 4.69) is 4.90 Å². The molecule has 0 saturated carbocycles. The molecule has 2 aliphatic heterocycles. The number of carbonyl (C=O) groups excluding carboxylic acids is 2. The molecule has 2 fully saturated rings. The van der Waals surface area contributed by atoms with Gasteiger partial charge >= 0.3 is 0 Å². The molecule has 0 spiro atoms. The summed E-state index contributed by atoms with van der Waals surface area (Å²) in [7, 11) is 3.38. The Morgan fingerprint density at radius 1 is 1.08 bits per heavy atom. The van der Waals surface area contributed by atoms with Gasteiger partial charge in [0, 0.05) is 51.3 Å². The van der Waals surface area contributed by atoms with E-state index in [1.54, 1.807) is 61.5 Å². The van der Waals surface area contributed by atoms with Crippen LogP contribution >= 0.6 is 36.7 Å². The summed E-state index contributed by atoms with van der Waals surface area (Å²) in [6, 6.07) is 12.3. The summed E-state index contributed by atoms with van der Waals surface area (Å²) in [6.07, 6.45) is 1.75. The number of ether oxygens (including phenoxy) is 1. The summed E-state index contributed by atoms with van der Waals surface area (Å²) in [5.41, 5.74) is -0.657. The molecule has 1 atom stereocenters. The minimum atomic E-state index is -1.61. The largest absolute Gasteiger partial charge is 0.488 e. The topological polar surface area (TPSA) is 73.3 Å². The van der Waals surface area contributed by atoms with Crippen LogP contribution in [0.5, 0.6) is 5.75 Å². The lowest BCUT2D eigenvalue weighted by Crippen LogP contribution is -2.60. The lowest BCUT2D eigenvalue weighted by atomic mass is 9.92. The molecule has 0 radical (unpaired) electrons. The van der Waals surface area contributed by atoms with Crippen molar-refractivity contribution in [2.24, 2.45) is 0 Å². The number of nitrogens with zero attached hydrogens (tertiary/aromatic N) is 3. The maximum Gasteiger partial charge on any atom is 0.258 e. The fourth-order valence-corrected chi connectivity index (χ4v) is 5.12. The number of rotatable bonds is 6. The Kier molecular flexibility index (Phi) is 9.22. The summed E-state index contributed by atoms with van der Waals surface area (Å²) in [4.78, 5) is 30.8. The van der Waals surface area contributed by atoms with Crippen LogP contribution in [0.15, 0.2) is 42.5 Å². The van der Waals surface area contributed by atoms with Gasteiger partial charge < -0.3 is 19.6 Å². The van der Waals surface area contributed by atoms with Gasteiger partial charge in [-0.15, -0.1) is 0 Å². The van der Waals surface area contributed by atoms with E-state index in [9.17, 15) is 14.7 Å². The first kappa shape index (κ1) is 28.6. The monoisotopic (exact) mass is 553 g/mol. The molecule has 2 aromatic carbocycles. The zero-order valence-electron chi connectivity index (χ0n) is 20.7. The first-order valence-electron chi connectivity index (χ1n) is 11.8. The van der Waals surface area contributed by atoms with Crippen LogP contribution in [-0.4, -0.2) is 84.0 Å². The molecular formula is C26H33Cl2N3O4S. The first-order chi connectivity index (χ1) is 16.6. The summed E-state index contributed by atoms with van der Waals surface area (Å²) in [5.74, 6) is 0.213. The van der Waals surface area contributed by atoms with E-state index in [4.69, 9.17) is 27.9 Å². The van der Waals surface area contributed by atoms with Crippen molar-refractivity contribution in [3.8, 4) is 5.75 Å². The van der Waals surface area contributed by atoms with E-state index in [-0.39, 0.29) is 31.4 Å². The summed E-state index contributed by atoms with van der Waals surface area (Å²) in [6.45, 7) is 4.32. The summed E-state index contributed by atoms with van der Waals surface area (Å²) >= 11 is 12.3. The minimum Gasteiger partial charge on any atom is -0.488 e. The number of hydrogen-bond acceptors (Lipinski definition) is 5. The van der Waals surface area contributed by atoms with Crippen molar-refractivity contribution in [2.45, 2.75) is 37.5 Å². The van der Waals surface area contributed by atoms with Crippen molar-refractivity contribution in [3.05, 3.63) is 63.6 Å². The second kappa shape index (κ2) is 11.6. The van der Waals surface area contributed by atoms with Gasteiger partial charge in [-0.05, 0) is 55.7 Å². The second-order valence-electron chi connectivity index (χ2n) is 9.64. The lowest BCUT2D eigenvalue weighted by molar-refractivity contribution is -0.152. The third kappa shape index (κ3) is 6.11. The van der Waals surface area contributed by atoms with E-state index >= 15 is 0 Å². The van der Waals surface area contributed by atoms with E-state index < -0.39 is 5.60 Å². The number of aliphatic hydroxyl groups is 1. The molecule has 4 rings (SSSR count). The Hall–Kier alpha value is -1.97. The van der Waals surface area contributed by atoms with Crippen LogP contribution in [0, 0.1) is 0 Å². The first-order valence-corrected chi connectivity index (χ1v) is 12.5. The number of halogens is 2. The van der Waals surface area contributed by atoms with Crippen LogP contribution < -0.4 is 4.74 Å². The average molecular weight is 555 g/mol. The molecule has 1 N–H and O–H groups in total. The number of amides is 2. The van der Waals surface area contributed by atoms with Gasteiger partial charge in [0.2, 0.25) is 0 Å². The third-order valence-corrected chi connectivity index (χ3v) is 7.38. The van der Waals surface area contributed by atoms with Gasteiger partial charge in [-0.3, -0.25) is 14.5 Å². The van der Waals surface area contributed by atoms with E-state index in [1.807, 2.05) is 0 Å². The van der Waals surface area contributed by atoms with Crippen molar-refractivity contribution in [3.63, 3.8) is 0 Å². The Balaban J connectivity index is 0.00000361. The molecule has 2 saturated heterocycles. The van der Waals surface area contributed by atoms with Gasteiger partial charge in [0.05, 0.1) is 10.6 Å². The molecule has 0 unspecified atom stereocenters. The fraction of sp³-hybridized carbons (Fsp3) is 0.462. The molecule has 2 heterocycles. The molecule has 36 heavy (non-hydrogen) atoms. The lowest BCUT2D eigenvalue weighted by Gasteiger charge is -2.47. The zero-order chi connectivity index (χ0) is 25.3. The quantitative estimate of drug-likeness (QED) is 0.589. The Bertz CT molecular complexity index is 1100. The van der Waals surface area contributed by atoms with Gasteiger partial charge in [-0.2, -0.15) is 13.5 Å². The number of hydrogen-bond donors (Lipinski definition) is 1. The Morgan fingerprint density at radius 3 is 2.33 bits per heavy atom. The molecule has 2 amide bonds. The van der Waals surface area contributed by atoms with Gasteiger partial charge in [0.25, 0.3) is 11.8 Å². The molecule has 7 nitrogen and oxygen atoms in total. The zero-order valence-corrected chi connectivity index (χ0v) is 23.2. The van der Waals surface area contributed by atoms with Gasteiger partial charge in [-0.25, -0.2) is 0 Å². The van der Waals surface area contributed by atoms with Crippen LogP contribution in [-0.2, 0) is 10.4 Å². The predicted octanol–water partition coefficient (Wildman–Crippen LogP) is 3.77. The van der Waals surface area contributed by atoms with Crippen molar-refractivity contribution < 1.29 is 19.4 Å². The van der Waals surface area contributed by atoms with Crippen molar-refractivity contribution >= 4 is 48.5 Å². The van der Waals surface area contributed by atoms with Crippen LogP contribution in [0.2, 0.25) is 10.0 Å². The normalized spacial score (nSPS) is 18.6. The Labute approximate surface area is 229 Å². The smallest absolute Gasteiger partial charge is 0.258 e. The molecule has 0 bridgehead atoms. The predicted molar refractivity (Wildman–Crippen MR) is 146 cm³/mol. The minimum absolute atomic E-state index is 0. The van der Waals surface area contributed by atoms with E-state index in [0.29, 0.717) is 46.1 Å². The number of likely N-dealkylation sites (tertiary alicyclic amines) is 2. The summed E-state index contributed by atoms with van der Waals surface area (Å²) < 4.78 is 6.05. The third-order valence-electron chi connectivity index (χ3n) is 6.83. The van der Waals surface area contributed by atoms with Crippen LogP contribution in [0.3, 0.4) is 0 Å². The SMILES string of the molecule is CN(C)C(=O)c1ccc(OC2CN(C3CCN(C(=O)[C@@](C)(O)c4cccc(Cl)c4)CC3)C2)cc1Cl.S. The van der Waals surface area contributed by atoms with Gasteiger partial charge in [-0.1, -0.05) is 35.3 Å². The van der Waals surface area contributed by atoms with Crippen molar-refractivity contribution in [1.29, 1.82) is 0 Å². The highest BCUT2D eigenvalue weighted by Crippen LogP contribution is 2.30. The van der Waals surface area contributed by atoms with E-state index in [1.165, 1.54) is 11.8 Å². The maximum atomic E-state index is 13.0. The average Bonchev–Trinajstić information content (AvgIpc) is 2.80. The number of piperidine rings is 1. The molecule has 10 heteroatoms. The molecular weight excluding hydrogens is 521 g/mol. The maximum absolute atomic E-state index is 13.0. The van der Waals surface area contributed by atoms with Crippen molar-refractivity contribution in [1.82, 2.24) is 14.7 Å². The van der Waals surface area contributed by atoms with Gasteiger partial charge in [0.15, 0.2) is 5.60 Å². The number of carbonyl (C=O) groups is 2. The highest BCUT2D eigenvalue weighted by Gasteiger charge is 2.40. The van der Waals surface area contributed by atoms with Crippen molar-refractivity contribution in [2.75, 3.05) is 40.3 Å². The highest BCUT2D eigenvalue weighted by molar-refractivity contribution is 7.59. The van der Waals surface area contributed by atoms with Crippen LogP contribution in [0.25, 0.3) is 0 Å². The van der Waals surface area contributed by atoms with Crippen LogP contribution in [0.4, 0.5) is 0 Å². The Morgan fingerprint density at radius 2 is 1.75 bits per heavy atom. The van der Waals surface area contributed by atoms with Gasteiger partial charge in [0.1, 0.15) is 11.9 Å². The second-order valence-corrected chi connectivity index (χ2v) is 10.5. The fourth-order valence-electron chi connectivity index (χ4n) is 4.67. The molecule has 2 aliphatic rings. The van der Waals surface area contributed by atoms with Crippen LogP contribution in [0.1, 0.15) is 35.7 Å². The summed E-state index contributed by atoms with van der Waals surface area (Å²) in [5, 5.41) is 11.8. The molecule has 2 aromatic rings. The molecule has 0 aromatic heterocycles. The highest BCUT2D eigenvalue weighted by atomic mass is 35.5. The standard InChI is InChI=1S/C26H31Cl2N3O4.H2S/c1-26(34,17-5-4-6-18(27)13-17)25(33)30-11-9-19(10-12-30)31-15-21(16-31)35-20-7-8-22(23(28)14-20)24(32)29(2)3;/h4-8,13-14,19,21,34H,9-12,15-16H2,1-3H3;1H2/t26-;/m0./s1. The molecule has 196 valence electrons. The van der Waals surface area contributed by atoms with E-state index in [0.717, 1.165) is 25.9 Å². The number of benzene rings is 2.